The first-order chi connectivity index (χ1) is 8.20. The summed E-state index contributed by atoms with van der Waals surface area (Å²) >= 11 is 7.33. The molecular formula is C11H14BrIN2OS. The summed E-state index contributed by atoms with van der Waals surface area (Å²) in [6.07, 6.45) is 0. The summed E-state index contributed by atoms with van der Waals surface area (Å²) in [6, 6.07) is 1.97. The lowest BCUT2D eigenvalue weighted by Crippen LogP contribution is -2.49. The molecule has 0 N–H and O–H groups in total. The van der Waals surface area contributed by atoms with Gasteiger partial charge in [0.15, 0.2) is 0 Å². The van der Waals surface area contributed by atoms with Crippen molar-refractivity contribution in [3.63, 3.8) is 0 Å². The van der Waals surface area contributed by atoms with E-state index >= 15 is 0 Å². The van der Waals surface area contributed by atoms with Crippen LogP contribution in [0.15, 0.2) is 11.4 Å². The number of rotatable bonds is 3. The monoisotopic (exact) mass is 428 g/mol. The van der Waals surface area contributed by atoms with Gasteiger partial charge >= 0.3 is 0 Å². The SMILES string of the molecule is O=C(c1csc(I)c1)N1CCN(CCBr)CC1. The maximum atomic E-state index is 12.2. The summed E-state index contributed by atoms with van der Waals surface area (Å²) in [6.45, 7) is 4.73. The highest BCUT2D eigenvalue weighted by Gasteiger charge is 2.22. The maximum Gasteiger partial charge on any atom is 0.254 e. The van der Waals surface area contributed by atoms with Gasteiger partial charge in [0.25, 0.3) is 5.91 Å². The molecule has 6 heteroatoms. The highest BCUT2D eigenvalue weighted by atomic mass is 127. The van der Waals surface area contributed by atoms with Crippen molar-refractivity contribution in [2.24, 2.45) is 0 Å². The smallest absolute Gasteiger partial charge is 0.254 e. The van der Waals surface area contributed by atoms with Crippen LogP contribution in [0.2, 0.25) is 0 Å². The highest BCUT2D eigenvalue weighted by Crippen LogP contribution is 2.18. The zero-order valence-electron chi connectivity index (χ0n) is 9.36. The first kappa shape index (κ1) is 13.8. The Labute approximate surface area is 127 Å². The van der Waals surface area contributed by atoms with Gasteiger partial charge in [-0.05, 0) is 28.7 Å². The van der Waals surface area contributed by atoms with Crippen molar-refractivity contribution in [3.05, 3.63) is 19.9 Å². The van der Waals surface area contributed by atoms with Crippen LogP contribution in [0.3, 0.4) is 0 Å². The first-order valence-corrected chi connectivity index (χ1v) is 8.60. The molecule has 2 rings (SSSR count). The van der Waals surface area contributed by atoms with E-state index in [1.165, 1.54) is 2.88 Å². The zero-order chi connectivity index (χ0) is 12.3. The molecule has 0 atom stereocenters. The molecule has 1 fully saturated rings. The van der Waals surface area contributed by atoms with Gasteiger partial charge in [0, 0.05) is 43.4 Å². The zero-order valence-corrected chi connectivity index (χ0v) is 13.9. The van der Waals surface area contributed by atoms with Crippen molar-refractivity contribution in [2.75, 3.05) is 38.1 Å². The van der Waals surface area contributed by atoms with E-state index in [0.717, 1.165) is 43.6 Å². The van der Waals surface area contributed by atoms with Crippen LogP contribution in [0.5, 0.6) is 0 Å². The number of nitrogens with zero attached hydrogens (tertiary/aromatic N) is 2. The molecule has 2 heterocycles. The molecule has 1 aromatic rings. The van der Waals surface area contributed by atoms with Gasteiger partial charge in [-0.25, -0.2) is 0 Å². The molecule has 1 aliphatic heterocycles. The topological polar surface area (TPSA) is 23.6 Å². The lowest BCUT2D eigenvalue weighted by atomic mass is 10.2. The van der Waals surface area contributed by atoms with Crippen LogP contribution in [0, 0.1) is 2.88 Å². The summed E-state index contributed by atoms with van der Waals surface area (Å²) in [5, 5.41) is 2.96. The van der Waals surface area contributed by atoms with Gasteiger partial charge in [0.2, 0.25) is 0 Å². The number of halogens is 2. The average Bonchev–Trinajstić information content (AvgIpc) is 2.76. The number of alkyl halides is 1. The minimum Gasteiger partial charge on any atom is -0.336 e. The van der Waals surface area contributed by atoms with Crippen LogP contribution in [0.4, 0.5) is 0 Å². The Morgan fingerprint density at radius 1 is 1.41 bits per heavy atom. The van der Waals surface area contributed by atoms with E-state index in [0.29, 0.717) is 0 Å². The largest absolute Gasteiger partial charge is 0.336 e. The van der Waals surface area contributed by atoms with Gasteiger partial charge in [-0.3, -0.25) is 9.69 Å². The van der Waals surface area contributed by atoms with Gasteiger partial charge in [-0.2, -0.15) is 0 Å². The van der Waals surface area contributed by atoms with E-state index in [2.05, 4.69) is 43.4 Å². The fourth-order valence-electron chi connectivity index (χ4n) is 1.90. The van der Waals surface area contributed by atoms with Crippen molar-refractivity contribution in [1.82, 2.24) is 9.80 Å². The van der Waals surface area contributed by atoms with Gasteiger partial charge < -0.3 is 4.90 Å². The van der Waals surface area contributed by atoms with Crippen molar-refractivity contribution in [1.29, 1.82) is 0 Å². The van der Waals surface area contributed by atoms with E-state index in [1.807, 2.05) is 16.3 Å². The highest BCUT2D eigenvalue weighted by molar-refractivity contribution is 14.1. The molecule has 0 saturated carbocycles. The Kier molecular flexibility index (Phi) is 5.25. The minimum absolute atomic E-state index is 0.183. The number of amides is 1. The second kappa shape index (κ2) is 6.49. The predicted molar refractivity (Wildman–Crippen MR) is 83.2 cm³/mol. The maximum absolute atomic E-state index is 12.2. The van der Waals surface area contributed by atoms with Crippen LogP contribution < -0.4 is 0 Å². The lowest BCUT2D eigenvalue weighted by Gasteiger charge is -2.34. The van der Waals surface area contributed by atoms with Crippen LogP contribution in [-0.2, 0) is 0 Å². The molecule has 1 amide bonds. The normalized spacial score (nSPS) is 17.4. The molecule has 1 saturated heterocycles. The Bertz CT molecular complexity index is 391. The molecule has 1 aliphatic rings. The van der Waals surface area contributed by atoms with Crippen molar-refractivity contribution < 1.29 is 4.79 Å². The third-order valence-corrected chi connectivity index (χ3v) is 5.02. The van der Waals surface area contributed by atoms with Crippen molar-refractivity contribution in [2.45, 2.75) is 0 Å². The van der Waals surface area contributed by atoms with Gasteiger partial charge in [-0.1, -0.05) is 15.9 Å². The molecule has 3 nitrogen and oxygen atoms in total. The standard InChI is InChI=1S/C11H14BrIN2OS/c12-1-2-14-3-5-15(6-4-14)11(16)9-7-10(13)17-8-9/h7-8H,1-6H2. The molecule has 0 bridgehead atoms. The van der Waals surface area contributed by atoms with Crippen LogP contribution >= 0.6 is 49.9 Å². The molecule has 94 valence electrons. The Morgan fingerprint density at radius 2 is 2.12 bits per heavy atom. The van der Waals surface area contributed by atoms with Crippen molar-refractivity contribution >= 4 is 55.8 Å². The first-order valence-electron chi connectivity index (χ1n) is 5.52. The predicted octanol–water partition coefficient (Wildman–Crippen LogP) is 2.51. The summed E-state index contributed by atoms with van der Waals surface area (Å²) in [5.74, 6) is 0.183. The number of carbonyl (C=O) groups is 1. The summed E-state index contributed by atoms with van der Waals surface area (Å²) in [7, 11) is 0. The van der Waals surface area contributed by atoms with Gasteiger partial charge in [0.1, 0.15) is 0 Å². The van der Waals surface area contributed by atoms with Crippen LogP contribution in [0.25, 0.3) is 0 Å². The summed E-state index contributed by atoms with van der Waals surface area (Å²) < 4.78 is 1.17. The molecule has 0 aliphatic carbocycles. The molecule has 0 aromatic carbocycles. The molecule has 17 heavy (non-hydrogen) atoms. The van der Waals surface area contributed by atoms with E-state index in [4.69, 9.17) is 0 Å². The quantitative estimate of drug-likeness (QED) is 0.545. The molecule has 0 radical (unpaired) electrons. The van der Waals surface area contributed by atoms with E-state index < -0.39 is 0 Å². The Hall–Kier alpha value is 0.340. The number of carbonyl (C=O) groups excluding carboxylic acids is 1. The van der Waals surface area contributed by atoms with Crippen molar-refractivity contribution in [3.8, 4) is 0 Å². The second-order valence-electron chi connectivity index (χ2n) is 3.96. The Balaban J connectivity index is 1.90. The van der Waals surface area contributed by atoms with Crippen LogP contribution in [0.1, 0.15) is 10.4 Å². The fraction of sp³-hybridized carbons (Fsp3) is 0.545. The van der Waals surface area contributed by atoms with E-state index in [9.17, 15) is 4.79 Å². The Morgan fingerprint density at radius 3 is 2.65 bits per heavy atom. The molecular weight excluding hydrogens is 415 g/mol. The van der Waals surface area contributed by atoms with E-state index in [1.54, 1.807) is 11.3 Å². The summed E-state index contributed by atoms with van der Waals surface area (Å²) in [5.41, 5.74) is 0.841. The minimum atomic E-state index is 0.183. The number of thiophene rings is 1. The van der Waals surface area contributed by atoms with Gasteiger partial charge in [-0.15, -0.1) is 11.3 Å². The van der Waals surface area contributed by atoms with Gasteiger partial charge in [0.05, 0.1) is 8.45 Å². The third kappa shape index (κ3) is 3.65. The fourth-order valence-corrected chi connectivity index (χ4v) is 3.72. The third-order valence-electron chi connectivity index (χ3n) is 2.87. The second-order valence-corrected chi connectivity index (χ2v) is 7.56. The molecule has 1 aromatic heterocycles. The average molecular weight is 429 g/mol. The molecule has 0 unspecified atom stereocenters. The number of hydrogen-bond acceptors (Lipinski definition) is 3. The van der Waals surface area contributed by atoms with Crippen LogP contribution in [-0.4, -0.2) is 53.8 Å². The lowest BCUT2D eigenvalue weighted by molar-refractivity contribution is 0.0645. The molecule has 0 spiro atoms. The van der Waals surface area contributed by atoms with E-state index in [-0.39, 0.29) is 5.91 Å². The number of hydrogen-bond donors (Lipinski definition) is 0. The summed E-state index contributed by atoms with van der Waals surface area (Å²) in [4.78, 5) is 16.5. The number of piperazine rings is 1.